The van der Waals surface area contributed by atoms with Gasteiger partial charge in [-0.25, -0.2) is 4.98 Å². The van der Waals surface area contributed by atoms with Gasteiger partial charge in [0.1, 0.15) is 5.41 Å². The Balaban J connectivity index is 2.21. The quantitative estimate of drug-likeness (QED) is 0.832. The van der Waals surface area contributed by atoms with Gasteiger partial charge in [-0.05, 0) is 25.0 Å². The van der Waals surface area contributed by atoms with Crippen LogP contribution in [0.25, 0.3) is 0 Å². The lowest BCUT2D eigenvalue weighted by Gasteiger charge is -2.34. The van der Waals surface area contributed by atoms with Gasteiger partial charge < -0.3 is 15.8 Å². The van der Waals surface area contributed by atoms with Crippen molar-refractivity contribution < 1.29 is 9.53 Å². The van der Waals surface area contributed by atoms with Crippen molar-refractivity contribution >= 4 is 40.5 Å². The number of nitrogens with zero attached hydrogens (tertiary/aromatic N) is 1. The van der Waals surface area contributed by atoms with Crippen molar-refractivity contribution in [3.8, 4) is 0 Å². The van der Waals surface area contributed by atoms with Crippen LogP contribution >= 0.6 is 23.8 Å². The van der Waals surface area contributed by atoms with E-state index in [9.17, 15) is 4.79 Å². The SMILES string of the molecule is NC(=S)C1(C(=O)Nc2ncccc2Cl)CCOCC1. The summed E-state index contributed by atoms with van der Waals surface area (Å²) < 4.78 is 5.26. The van der Waals surface area contributed by atoms with Gasteiger partial charge in [-0.15, -0.1) is 0 Å². The van der Waals surface area contributed by atoms with E-state index in [1.807, 2.05) is 0 Å². The van der Waals surface area contributed by atoms with Crippen LogP contribution < -0.4 is 11.1 Å². The van der Waals surface area contributed by atoms with Gasteiger partial charge in [-0.2, -0.15) is 0 Å². The predicted octanol–water partition coefficient (Wildman–Crippen LogP) is 1.76. The maximum atomic E-state index is 12.5. The van der Waals surface area contributed by atoms with Crippen molar-refractivity contribution in [3.63, 3.8) is 0 Å². The molecule has 0 atom stereocenters. The van der Waals surface area contributed by atoms with E-state index in [4.69, 9.17) is 34.3 Å². The molecule has 1 amide bonds. The average molecular weight is 300 g/mol. The Bertz CT molecular complexity index is 504. The molecule has 0 unspecified atom stereocenters. The van der Waals surface area contributed by atoms with Gasteiger partial charge >= 0.3 is 0 Å². The van der Waals surface area contributed by atoms with E-state index in [1.54, 1.807) is 18.3 Å². The van der Waals surface area contributed by atoms with Crippen molar-refractivity contribution in [3.05, 3.63) is 23.4 Å². The summed E-state index contributed by atoms with van der Waals surface area (Å²) in [6.45, 7) is 0.918. The fourth-order valence-corrected chi connectivity index (χ4v) is 2.48. The van der Waals surface area contributed by atoms with Crippen molar-refractivity contribution in [2.45, 2.75) is 12.8 Å². The predicted molar refractivity (Wildman–Crippen MR) is 77.1 cm³/mol. The highest BCUT2D eigenvalue weighted by Crippen LogP contribution is 2.33. The number of thiocarbonyl (C=S) groups is 1. The Morgan fingerprint density at radius 3 is 2.79 bits per heavy atom. The monoisotopic (exact) mass is 299 g/mol. The average Bonchev–Trinajstić information content (AvgIpc) is 2.42. The van der Waals surface area contributed by atoms with Crippen LogP contribution in [0.5, 0.6) is 0 Å². The van der Waals surface area contributed by atoms with Gasteiger partial charge in [-0.3, -0.25) is 4.79 Å². The number of rotatable bonds is 3. The molecule has 0 radical (unpaired) electrons. The molecule has 0 aromatic carbocycles. The van der Waals surface area contributed by atoms with Gasteiger partial charge in [-0.1, -0.05) is 23.8 Å². The molecule has 1 fully saturated rings. The summed E-state index contributed by atoms with van der Waals surface area (Å²) >= 11 is 11.0. The number of anilines is 1. The van der Waals surface area contributed by atoms with Crippen molar-refractivity contribution in [1.29, 1.82) is 0 Å². The van der Waals surface area contributed by atoms with E-state index in [2.05, 4.69) is 10.3 Å². The Morgan fingerprint density at radius 2 is 2.21 bits per heavy atom. The zero-order valence-electron chi connectivity index (χ0n) is 10.2. The van der Waals surface area contributed by atoms with Gasteiger partial charge in [0.05, 0.1) is 10.0 Å². The molecule has 2 rings (SSSR count). The maximum Gasteiger partial charge on any atom is 0.238 e. The third kappa shape index (κ3) is 2.86. The number of carbonyl (C=O) groups excluding carboxylic acids is 1. The van der Waals surface area contributed by atoms with Crippen LogP contribution in [0, 0.1) is 5.41 Å². The molecule has 2 heterocycles. The molecule has 1 saturated heterocycles. The second-order valence-electron chi connectivity index (χ2n) is 4.35. The molecular formula is C12H14ClN3O2S. The second-order valence-corrected chi connectivity index (χ2v) is 5.19. The van der Waals surface area contributed by atoms with Crippen LogP contribution in [0.4, 0.5) is 5.82 Å². The third-order valence-electron chi connectivity index (χ3n) is 3.24. The van der Waals surface area contributed by atoms with Gasteiger partial charge in [0.25, 0.3) is 0 Å². The van der Waals surface area contributed by atoms with Crippen LogP contribution in [0.1, 0.15) is 12.8 Å². The van der Waals surface area contributed by atoms with Crippen LogP contribution in [0.3, 0.4) is 0 Å². The van der Waals surface area contributed by atoms with Crippen LogP contribution in [0.15, 0.2) is 18.3 Å². The minimum Gasteiger partial charge on any atom is -0.392 e. The maximum absolute atomic E-state index is 12.5. The molecule has 19 heavy (non-hydrogen) atoms. The fourth-order valence-electron chi connectivity index (χ4n) is 2.01. The molecule has 1 aliphatic heterocycles. The van der Waals surface area contributed by atoms with Crippen molar-refractivity contribution in [1.82, 2.24) is 4.98 Å². The lowest BCUT2D eigenvalue weighted by Crippen LogP contribution is -2.49. The summed E-state index contributed by atoms with van der Waals surface area (Å²) in [6.07, 6.45) is 2.50. The number of nitrogens with two attached hydrogens (primary N) is 1. The first-order chi connectivity index (χ1) is 9.06. The molecule has 7 heteroatoms. The minimum absolute atomic E-state index is 0.181. The molecule has 102 valence electrons. The highest BCUT2D eigenvalue weighted by Gasteiger charge is 2.43. The Hall–Kier alpha value is -1.24. The van der Waals surface area contributed by atoms with E-state index in [-0.39, 0.29) is 10.9 Å². The standard InChI is InChI=1S/C12H14ClN3O2S/c13-8-2-1-5-15-9(8)16-11(17)12(10(14)19)3-6-18-7-4-12/h1-2,5H,3-4,6-7H2,(H2,14,19)(H,15,16,17). The Labute approximate surface area is 121 Å². The number of aromatic nitrogens is 1. The van der Waals surface area contributed by atoms with Gasteiger partial charge in [0, 0.05) is 19.4 Å². The molecule has 0 spiro atoms. The first-order valence-electron chi connectivity index (χ1n) is 5.86. The highest BCUT2D eigenvalue weighted by molar-refractivity contribution is 7.80. The number of amides is 1. The molecule has 0 bridgehead atoms. The molecule has 5 nitrogen and oxygen atoms in total. The molecular weight excluding hydrogens is 286 g/mol. The lowest BCUT2D eigenvalue weighted by molar-refractivity contribution is -0.126. The molecule has 0 saturated carbocycles. The number of pyridine rings is 1. The number of hydrogen-bond donors (Lipinski definition) is 2. The number of ether oxygens (including phenoxy) is 1. The largest absolute Gasteiger partial charge is 0.392 e. The zero-order valence-corrected chi connectivity index (χ0v) is 11.8. The van der Waals surface area contributed by atoms with Crippen molar-refractivity contribution in [2.24, 2.45) is 11.1 Å². The van der Waals surface area contributed by atoms with Crippen LogP contribution in [-0.2, 0) is 9.53 Å². The fraction of sp³-hybridized carbons (Fsp3) is 0.417. The summed E-state index contributed by atoms with van der Waals surface area (Å²) in [7, 11) is 0. The van der Waals surface area contributed by atoms with Crippen LogP contribution in [0.2, 0.25) is 5.02 Å². The summed E-state index contributed by atoms with van der Waals surface area (Å²) in [5, 5.41) is 3.07. The molecule has 3 N–H and O–H groups in total. The number of hydrogen-bond acceptors (Lipinski definition) is 4. The third-order valence-corrected chi connectivity index (χ3v) is 3.94. The van der Waals surface area contributed by atoms with E-state index in [1.165, 1.54) is 0 Å². The minimum atomic E-state index is -0.881. The van der Waals surface area contributed by atoms with E-state index in [0.717, 1.165) is 0 Å². The lowest BCUT2D eigenvalue weighted by atomic mass is 9.79. The number of carbonyl (C=O) groups is 1. The summed E-state index contributed by atoms with van der Waals surface area (Å²) in [5.41, 5.74) is 4.88. The molecule has 0 aliphatic carbocycles. The topological polar surface area (TPSA) is 77.2 Å². The van der Waals surface area contributed by atoms with E-state index >= 15 is 0 Å². The van der Waals surface area contributed by atoms with Gasteiger partial charge in [0.15, 0.2) is 5.82 Å². The normalized spacial score (nSPS) is 17.7. The number of nitrogens with one attached hydrogen (secondary N) is 1. The smallest absolute Gasteiger partial charge is 0.238 e. The molecule has 1 aromatic rings. The molecule has 1 aromatic heterocycles. The summed E-state index contributed by atoms with van der Waals surface area (Å²) in [5.74, 6) is 0.0418. The van der Waals surface area contributed by atoms with Gasteiger partial charge in [0.2, 0.25) is 5.91 Å². The Kier molecular flexibility index (Phi) is 4.34. The van der Waals surface area contributed by atoms with Crippen LogP contribution in [-0.4, -0.2) is 29.1 Å². The zero-order chi connectivity index (χ0) is 13.9. The second kappa shape index (κ2) is 5.81. The Morgan fingerprint density at radius 1 is 1.53 bits per heavy atom. The summed E-state index contributed by atoms with van der Waals surface area (Å²) in [6, 6.07) is 3.34. The summed E-state index contributed by atoms with van der Waals surface area (Å²) in [4.78, 5) is 16.7. The van der Waals surface area contributed by atoms with E-state index < -0.39 is 5.41 Å². The molecule has 1 aliphatic rings. The first kappa shape index (κ1) is 14.2. The van der Waals surface area contributed by atoms with Crippen molar-refractivity contribution in [2.75, 3.05) is 18.5 Å². The number of halogens is 1. The first-order valence-corrected chi connectivity index (χ1v) is 6.64. The highest BCUT2D eigenvalue weighted by atomic mass is 35.5. The van der Waals surface area contributed by atoms with E-state index in [0.29, 0.717) is 36.9 Å².